The molecule has 0 bridgehead atoms. The van der Waals surface area contributed by atoms with E-state index in [2.05, 4.69) is 38.1 Å². The van der Waals surface area contributed by atoms with Crippen molar-refractivity contribution in [2.45, 2.75) is 19.5 Å². The minimum Gasteiger partial charge on any atom is -0.349 e. The fourth-order valence-electron chi connectivity index (χ4n) is 1.63. The van der Waals surface area contributed by atoms with Crippen LogP contribution in [-0.4, -0.2) is 43.6 Å². The summed E-state index contributed by atoms with van der Waals surface area (Å²) in [6.45, 7) is 2.79. The maximum atomic E-state index is 4.53. The van der Waals surface area contributed by atoms with Crippen LogP contribution in [-0.2, 0) is 6.42 Å². The number of thiophene rings is 1. The Hall–Kier alpha value is -1.56. The molecule has 1 aromatic heterocycles. The summed E-state index contributed by atoms with van der Waals surface area (Å²) in [5, 5.41) is 8.49. The van der Waals surface area contributed by atoms with E-state index >= 15 is 0 Å². The van der Waals surface area contributed by atoms with Crippen molar-refractivity contribution < 1.29 is 0 Å². The van der Waals surface area contributed by atoms with Gasteiger partial charge >= 0.3 is 0 Å². The molecule has 0 saturated heterocycles. The van der Waals surface area contributed by atoms with E-state index in [-0.39, 0.29) is 6.17 Å². The van der Waals surface area contributed by atoms with Gasteiger partial charge in [0.15, 0.2) is 5.96 Å². The van der Waals surface area contributed by atoms with Crippen molar-refractivity contribution in [2.24, 2.45) is 9.98 Å². The molecule has 5 nitrogen and oxygen atoms in total. The molecule has 0 fully saturated rings. The average molecular weight is 265 g/mol. The van der Waals surface area contributed by atoms with Gasteiger partial charge in [-0.25, -0.2) is 4.99 Å². The van der Waals surface area contributed by atoms with Gasteiger partial charge < -0.3 is 10.2 Å². The van der Waals surface area contributed by atoms with E-state index in [9.17, 15) is 0 Å². The van der Waals surface area contributed by atoms with E-state index in [1.165, 1.54) is 4.88 Å². The number of guanidine groups is 2. The standard InChI is InChI=1S/C12H19N5S/c1-9-14-11(16-12(15-9)17(2)3)13-7-6-10-5-4-8-18-10/h4-5,8-9H,6-7H2,1-3H3,(H2,13,14,15,16). The topological polar surface area (TPSA) is 52.0 Å². The predicted octanol–water partition coefficient (Wildman–Crippen LogP) is 1.10. The molecule has 2 rings (SSSR count). The molecule has 0 radical (unpaired) electrons. The molecule has 1 aliphatic heterocycles. The normalized spacial score (nSPS) is 21.2. The highest BCUT2D eigenvalue weighted by Crippen LogP contribution is 2.08. The SMILES string of the molecule is CC1N=C(N(C)C)NC(=NCCc2cccs2)N1. The number of nitrogens with one attached hydrogen (secondary N) is 2. The van der Waals surface area contributed by atoms with Crippen LogP contribution in [0.15, 0.2) is 27.5 Å². The molecule has 18 heavy (non-hydrogen) atoms. The van der Waals surface area contributed by atoms with Crippen molar-refractivity contribution in [3.05, 3.63) is 22.4 Å². The van der Waals surface area contributed by atoms with Gasteiger partial charge in [0, 0.05) is 31.9 Å². The van der Waals surface area contributed by atoms with Crippen LogP contribution < -0.4 is 10.6 Å². The van der Waals surface area contributed by atoms with Gasteiger partial charge in [0.2, 0.25) is 5.96 Å². The van der Waals surface area contributed by atoms with Crippen molar-refractivity contribution in [2.75, 3.05) is 20.6 Å². The molecule has 1 atom stereocenters. The molecule has 6 heteroatoms. The van der Waals surface area contributed by atoms with Crippen LogP contribution in [0.5, 0.6) is 0 Å². The van der Waals surface area contributed by atoms with E-state index < -0.39 is 0 Å². The van der Waals surface area contributed by atoms with Gasteiger partial charge in [-0.2, -0.15) is 0 Å². The molecular formula is C12H19N5S. The van der Waals surface area contributed by atoms with E-state index in [1.54, 1.807) is 11.3 Å². The van der Waals surface area contributed by atoms with Crippen molar-refractivity contribution in [3.8, 4) is 0 Å². The molecule has 2 heterocycles. The van der Waals surface area contributed by atoms with Crippen LogP contribution in [0.3, 0.4) is 0 Å². The molecule has 1 aliphatic rings. The fourth-order valence-corrected chi connectivity index (χ4v) is 2.33. The maximum Gasteiger partial charge on any atom is 0.202 e. The smallest absolute Gasteiger partial charge is 0.202 e. The molecule has 1 aromatic rings. The number of nitrogens with zero attached hydrogens (tertiary/aromatic N) is 3. The number of hydrogen-bond acceptors (Lipinski definition) is 4. The van der Waals surface area contributed by atoms with Crippen molar-refractivity contribution in [1.29, 1.82) is 0 Å². The number of aliphatic imine (C=N–C) groups is 2. The zero-order chi connectivity index (χ0) is 13.0. The Balaban J connectivity index is 1.91. The monoisotopic (exact) mass is 265 g/mol. The van der Waals surface area contributed by atoms with Gasteiger partial charge in [-0.1, -0.05) is 6.07 Å². The quantitative estimate of drug-likeness (QED) is 0.860. The summed E-state index contributed by atoms with van der Waals surface area (Å²) in [6, 6.07) is 4.21. The van der Waals surface area contributed by atoms with Gasteiger partial charge in [-0.05, 0) is 18.4 Å². The van der Waals surface area contributed by atoms with Gasteiger partial charge in [-0.15, -0.1) is 11.3 Å². The predicted molar refractivity (Wildman–Crippen MR) is 77.2 cm³/mol. The first-order valence-electron chi connectivity index (χ1n) is 6.00. The van der Waals surface area contributed by atoms with Gasteiger partial charge in [-0.3, -0.25) is 10.3 Å². The highest BCUT2D eigenvalue weighted by molar-refractivity contribution is 7.09. The Morgan fingerprint density at radius 2 is 2.33 bits per heavy atom. The summed E-state index contributed by atoms with van der Waals surface area (Å²) in [4.78, 5) is 12.3. The van der Waals surface area contributed by atoms with Gasteiger partial charge in [0.25, 0.3) is 0 Å². The maximum absolute atomic E-state index is 4.53. The molecule has 1 unspecified atom stereocenters. The van der Waals surface area contributed by atoms with Crippen LogP contribution in [0.25, 0.3) is 0 Å². The first-order chi connectivity index (χ1) is 8.65. The third kappa shape index (κ3) is 3.46. The number of hydrogen-bond donors (Lipinski definition) is 2. The Morgan fingerprint density at radius 3 is 3.00 bits per heavy atom. The lowest BCUT2D eigenvalue weighted by Crippen LogP contribution is -2.53. The Bertz CT molecular complexity index is 435. The van der Waals surface area contributed by atoms with Gasteiger partial charge in [0.1, 0.15) is 6.17 Å². The van der Waals surface area contributed by atoms with Crippen molar-refractivity contribution in [1.82, 2.24) is 15.5 Å². The summed E-state index contributed by atoms with van der Waals surface area (Å²) < 4.78 is 0. The third-order valence-electron chi connectivity index (χ3n) is 2.52. The Morgan fingerprint density at radius 1 is 1.50 bits per heavy atom. The molecule has 98 valence electrons. The lowest BCUT2D eigenvalue weighted by Gasteiger charge is -2.26. The van der Waals surface area contributed by atoms with E-state index in [0.29, 0.717) is 0 Å². The van der Waals surface area contributed by atoms with Gasteiger partial charge in [0.05, 0.1) is 0 Å². The minimum absolute atomic E-state index is 0.0594. The van der Waals surface area contributed by atoms with Crippen LogP contribution in [0.2, 0.25) is 0 Å². The second-order valence-corrected chi connectivity index (χ2v) is 5.38. The first-order valence-corrected chi connectivity index (χ1v) is 6.88. The summed E-state index contributed by atoms with van der Waals surface area (Å²) in [6.07, 6.45) is 1.04. The average Bonchev–Trinajstić information content (AvgIpc) is 2.81. The lowest BCUT2D eigenvalue weighted by molar-refractivity contribution is 0.559. The van der Waals surface area contributed by atoms with E-state index in [0.717, 1.165) is 24.9 Å². The van der Waals surface area contributed by atoms with Crippen LogP contribution >= 0.6 is 11.3 Å². The largest absolute Gasteiger partial charge is 0.349 e. The summed E-state index contributed by atoms with van der Waals surface area (Å²) >= 11 is 1.77. The molecule has 2 N–H and O–H groups in total. The van der Waals surface area contributed by atoms with E-state index in [1.807, 2.05) is 25.9 Å². The Kier molecular flexibility index (Phi) is 4.19. The summed E-state index contributed by atoms with van der Waals surface area (Å²) in [7, 11) is 3.93. The molecule has 0 spiro atoms. The molecule has 0 amide bonds. The highest BCUT2D eigenvalue weighted by atomic mass is 32.1. The summed E-state index contributed by atoms with van der Waals surface area (Å²) in [5.74, 6) is 1.65. The fraction of sp³-hybridized carbons (Fsp3) is 0.500. The van der Waals surface area contributed by atoms with E-state index in [4.69, 9.17) is 0 Å². The summed E-state index contributed by atoms with van der Waals surface area (Å²) in [5.41, 5.74) is 0. The first kappa shape index (κ1) is 12.9. The third-order valence-corrected chi connectivity index (χ3v) is 3.46. The van der Waals surface area contributed by atoms with Crippen LogP contribution in [0, 0.1) is 0 Å². The van der Waals surface area contributed by atoms with Crippen LogP contribution in [0.4, 0.5) is 0 Å². The minimum atomic E-state index is 0.0594. The molecular weight excluding hydrogens is 246 g/mol. The zero-order valence-corrected chi connectivity index (χ0v) is 11.8. The Labute approximate surface area is 112 Å². The van der Waals surface area contributed by atoms with Crippen molar-refractivity contribution >= 4 is 23.3 Å². The molecule has 0 saturated carbocycles. The number of rotatable bonds is 3. The molecule has 0 aliphatic carbocycles. The van der Waals surface area contributed by atoms with Crippen molar-refractivity contribution in [3.63, 3.8) is 0 Å². The second-order valence-electron chi connectivity index (χ2n) is 4.35. The van der Waals surface area contributed by atoms with Crippen LogP contribution in [0.1, 0.15) is 11.8 Å². The lowest BCUT2D eigenvalue weighted by atomic mass is 10.3. The zero-order valence-electron chi connectivity index (χ0n) is 11.0. The highest BCUT2D eigenvalue weighted by Gasteiger charge is 2.15. The molecule has 0 aromatic carbocycles. The second kappa shape index (κ2) is 5.86.